The van der Waals surface area contributed by atoms with Crippen molar-refractivity contribution in [3.05, 3.63) is 286 Å². The molecule has 3 aliphatic rings. The molecule has 3 aliphatic heterocycles. The first-order valence-electron chi connectivity index (χ1n) is 38.7. The molecular weight excluding hydrogens is 1430 g/mol. The number of benzene rings is 10. The Morgan fingerprint density at radius 2 is 0.470 bits per heavy atom. The summed E-state index contributed by atoms with van der Waals surface area (Å²) < 4.78 is 37.4. The van der Waals surface area contributed by atoms with Crippen LogP contribution in [0.25, 0.3) is 146 Å². The third-order valence-electron chi connectivity index (χ3n) is 22.6. The quantitative estimate of drug-likeness (QED) is 0.104. The number of pyridine rings is 3. The van der Waals surface area contributed by atoms with Crippen molar-refractivity contribution in [1.29, 1.82) is 0 Å². The standard InChI is InChI=1S/C34H29BN4O2.2C30H27BN4O2/c1-33(2)34(3,4)41-35(40-33)28-17-15-23(16-18-28)30-37-31(26-14-13-22-9-5-6-10-24(22)19-26)39-32(38-30)29-20-25-11-7-8-12-27(25)21-36-29;1-29(2)30(3,4)37-31(36-29)24-16-14-21(15-17-24)27-33-26(20-10-6-5-7-11-20)34-28(35-27)25-18-22-12-8-9-13-23(22)19-32-25;1-29(2)30(3,4)37-31(36-29)24-16-14-22(15-17-24)27-33-26(21-9-6-5-7-10-21)34-28(35-27)23-13-12-20-11-8-18-32-25(20)19-23/h5-21H,1-4H3;2*5-19H,1-4H3. The first kappa shape index (κ1) is 75.4. The number of fused-ring (bicyclic) bond motifs is 4. The van der Waals surface area contributed by atoms with Crippen LogP contribution in [0, 0.1) is 0 Å². The molecule has 0 amide bonds. The van der Waals surface area contributed by atoms with Crippen LogP contribution >= 0.6 is 0 Å². The van der Waals surface area contributed by atoms with Crippen molar-refractivity contribution in [1.82, 2.24) is 59.8 Å². The maximum Gasteiger partial charge on any atom is 0.494 e. The summed E-state index contributed by atoms with van der Waals surface area (Å²) >= 11 is 0. The molecule has 18 nitrogen and oxygen atoms in total. The molecule has 0 spiro atoms. The summed E-state index contributed by atoms with van der Waals surface area (Å²) in [5.74, 6) is 5.25. The van der Waals surface area contributed by atoms with E-state index in [2.05, 4.69) is 136 Å². The van der Waals surface area contributed by atoms with Crippen LogP contribution < -0.4 is 16.4 Å². The van der Waals surface area contributed by atoms with E-state index in [4.69, 9.17) is 77.8 Å². The topological polar surface area (TPSA) is 210 Å². The fourth-order valence-corrected chi connectivity index (χ4v) is 13.7. The maximum atomic E-state index is 6.25. The molecule has 16 aromatic rings. The highest BCUT2D eigenvalue weighted by atomic mass is 16.7. The molecule has 0 bridgehead atoms. The largest absolute Gasteiger partial charge is 0.494 e. The Labute approximate surface area is 669 Å². The predicted molar refractivity (Wildman–Crippen MR) is 459 cm³/mol. The fraction of sp³-hybridized carbons (Fsp3) is 0.191. The van der Waals surface area contributed by atoms with Crippen molar-refractivity contribution in [3.63, 3.8) is 0 Å². The van der Waals surface area contributed by atoms with Crippen molar-refractivity contribution < 1.29 is 27.9 Å². The van der Waals surface area contributed by atoms with Crippen molar-refractivity contribution >= 4 is 81.0 Å². The van der Waals surface area contributed by atoms with Gasteiger partial charge in [-0.15, -0.1) is 0 Å². The van der Waals surface area contributed by atoms with Gasteiger partial charge in [0.1, 0.15) is 11.4 Å². The van der Waals surface area contributed by atoms with Gasteiger partial charge in [0.2, 0.25) is 0 Å². The Morgan fingerprint density at radius 1 is 0.209 bits per heavy atom. The van der Waals surface area contributed by atoms with Gasteiger partial charge in [0, 0.05) is 73.7 Å². The van der Waals surface area contributed by atoms with Gasteiger partial charge < -0.3 is 27.9 Å². The van der Waals surface area contributed by atoms with Crippen molar-refractivity contribution in [3.8, 4) is 103 Å². The molecule has 0 atom stereocenters. The summed E-state index contributed by atoms with van der Waals surface area (Å²) in [6.45, 7) is 24.7. The Hall–Kier alpha value is -12.3. The zero-order valence-electron chi connectivity index (χ0n) is 66.2. The molecule has 0 aliphatic carbocycles. The molecule has 3 fully saturated rings. The van der Waals surface area contributed by atoms with Gasteiger partial charge in [-0.3, -0.25) is 15.0 Å². The number of nitrogens with zero attached hydrogens (tertiary/aromatic N) is 12. The lowest BCUT2D eigenvalue weighted by Crippen LogP contribution is -2.41. The minimum Gasteiger partial charge on any atom is -0.399 e. The molecule has 0 unspecified atom stereocenters. The summed E-state index contributed by atoms with van der Waals surface area (Å²) in [5.41, 5.74) is 9.09. The zero-order valence-corrected chi connectivity index (χ0v) is 66.2. The average molecular weight is 1510 g/mol. The molecule has 0 saturated carbocycles. The highest BCUT2D eigenvalue weighted by molar-refractivity contribution is 6.63. The first-order valence-corrected chi connectivity index (χ1v) is 38.7. The van der Waals surface area contributed by atoms with Gasteiger partial charge in [0.15, 0.2) is 52.4 Å². The van der Waals surface area contributed by atoms with E-state index in [1.807, 2.05) is 237 Å². The Bertz CT molecular complexity index is 5920. The van der Waals surface area contributed by atoms with Gasteiger partial charge in [0.25, 0.3) is 0 Å². The van der Waals surface area contributed by atoms with Crippen LogP contribution in [-0.4, -0.2) is 115 Å². The smallest absolute Gasteiger partial charge is 0.399 e. The lowest BCUT2D eigenvalue weighted by atomic mass is 9.79. The average Bonchev–Trinajstić information content (AvgIpc) is 1.64. The molecule has 0 N–H and O–H groups in total. The molecule has 19 rings (SSSR count). The molecular formula is C94H83B3N12O6. The summed E-state index contributed by atoms with van der Waals surface area (Å²) in [7, 11) is -1.27. The summed E-state index contributed by atoms with van der Waals surface area (Å²) in [6, 6.07) is 89.0. The van der Waals surface area contributed by atoms with Crippen LogP contribution in [0.2, 0.25) is 0 Å². The van der Waals surface area contributed by atoms with Crippen LogP contribution in [0.3, 0.4) is 0 Å². The van der Waals surface area contributed by atoms with Gasteiger partial charge in [-0.05, 0) is 151 Å². The van der Waals surface area contributed by atoms with Crippen molar-refractivity contribution in [2.24, 2.45) is 0 Å². The van der Waals surface area contributed by atoms with E-state index in [1.54, 1.807) is 6.20 Å². The number of aromatic nitrogens is 12. The summed E-state index contributed by atoms with van der Waals surface area (Å²) in [4.78, 5) is 57.6. The molecule has 6 aromatic heterocycles. The molecule has 0 radical (unpaired) electrons. The van der Waals surface area contributed by atoms with Crippen LogP contribution in [0.15, 0.2) is 286 Å². The van der Waals surface area contributed by atoms with Crippen molar-refractivity contribution in [2.75, 3.05) is 0 Å². The maximum absolute atomic E-state index is 6.25. The second-order valence-electron chi connectivity index (χ2n) is 32.1. The fourth-order valence-electron chi connectivity index (χ4n) is 13.7. The molecule has 564 valence electrons. The zero-order chi connectivity index (χ0) is 79.4. The van der Waals surface area contributed by atoms with E-state index in [0.29, 0.717) is 63.8 Å². The SMILES string of the molecule is CC1(C)OB(c2ccc(-c3nc(-c4ccc5ccccc5c4)nc(-c4cc5ccccc5cn4)n3)cc2)OC1(C)C.CC1(C)OB(c2ccc(-c3nc(-c4ccccc4)nc(-c4cc5ccccc5cn4)n3)cc2)OC1(C)C.CC1(C)OB(c2ccc(-c3nc(-c4ccccc4)nc(-c4ccc5cccnc5c4)n3)cc2)OC1(C)C. The number of hydrogen-bond donors (Lipinski definition) is 0. The van der Waals surface area contributed by atoms with Gasteiger partial charge in [0.05, 0.1) is 39.1 Å². The third-order valence-corrected chi connectivity index (χ3v) is 22.6. The summed E-state index contributed by atoms with van der Waals surface area (Å²) in [5, 5.41) is 7.67. The third kappa shape index (κ3) is 15.6. The van der Waals surface area contributed by atoms with Gasteiger partial charge in [-0.25, -0.2) is 44.9 Å². The minimum atomic E-state index is -0.432. The minimum absolute atomic E-state index is 0.390. The van der Waals surface area contributed by atoms with Crippen LogP contribution in [0.1, 0.15) is 83.1 Å². The highest BCUT2D eigenvalue weighted by Crippen LogP contribution is 2.41. The highest BCUT2D eigenvalue weighted by Gasteiger charge is 2.54. The number of rotatable bonds is 12. The number of hydrogen-bond acceptors (Lipinski definition) is 18. The lowest BCUT2D eigenvalue weighted by molar-refractivity contribution is 0.00578. The second kappa shape index (κ2) is 30.2. The van der Waals surface area contributed by atoms with Crippen LogP contribution in [0.5, 0.6) is 0 Å². The molecule has 10 aromatic carbocycles. The van der Waals surface area contributed by atoms with Crippen LogP contribution in [-0.2, 0) is 27.9 Å². The Morgan fingerprint density at radius 3 is 0.826 bits per heavy atom. The Balaban J connectivity index is 0.000000125. The van der Waals surface area contributed by atoms with E-state index < -0.39 is 55.0 Å². The normalized spacial score (nSPS) is 16.2. The van der Waals surface area contributed by atoms with E-state index >= 15 is 0 Å². The predicted octanol–water partition coefficient (Wildman–Crippen LogP) is 18.3. The first-order chi connectivity index (χ1) is 55.3. The lowest BCUT2D eigenvalue weighted by Gasteiger charge is -2.32. The van der Waals surface area contributed by atoms with Gasteiger partial charge in [-0.1, -0.05) is 237 Å². The molecule has 3 saturated heterocycles. The van der Waals surface area contributed by atoms with Crippen molar-refractivity contribution in [2.45, 2.75) is 117 Å². The van der Waals surface area contributed by atoms with Crippen LogP contribution in [0.4, 0.5) is 0 Å². The van der Waals surface area contributed by atoms with Gasteiger partial charge in [-0.2, -0.15) is 0 Å². The molecule has 21 heteroatoms. The van der Waals surface area contributed by atoms with E-state index in [9.17, 15) is 0 Å². The van der Waals surface area contributed by atoms with E-state index in [1.165, 1.54) is 5.39 Å². The monoisotopic (exact) mass is 1510 g/mol. The van der Waals surface area contributed by atoms with E-state index in [0.717, 1.165) is 93.2 Å². The van der Waals surface area contributed by atoms with E-state index in [-0.39, 0.29) is 0 Å². The molecule has 9 heterocycles. The summed E-state index contributed by atoms with van der Waals surface area (Å²) in [6.07, 6.45) is 5.51. The Kier molecular flexibility index (Phi) is 19.8. The molecule has 115 heavy (non-hydrogen) atoms. The second-order valence-corrected chi connectivity index (χ2v) is 32.1. The van der Waals surface area contributed by atoms with Gasteiger partial charge >= 0.3 is 21.4 Å².